The Morgan fingerprint density at radius 1 is 1.24 bits per heavy atom. The molecule has 1 N–H and O–H groups in total. The average molecular weight is 290 g/mol. The first kappa shape index (κ1) is 15.4. The van der Waals surface area contributed by atoms with Crippen LogP contribution in [0.4, 0.5) is 5.69 Å². The number of para-hydroxylation sites is 2. The summed E-state index contributed by atoms with van der Waals surface area (Å²) in [5.74, 6) is 0.292. The Morgan fingerprint density at radius 2 is 1.86 bits per heavy atom. The molecule has 1 aromatic rings. The van der Waals surface area contributed by atoms with Gasteiger partial charge in [-0.15, -0.1) is 0 Å². The van der Waals surface area contributed by atoms with Crippen molar-refractivity contribution in [3.05, 3.63) is 24.3 Å². The van der Waals surface area contributed by atoms with Crippen molar-refractivity contribution in [3.8, 4) is 5.75 Å². The lowest BCUT2D eigenvalue weighted by molar-refractivity contribution is -0.141. The van der Waals surface area contributed by atoms with Crippen molar-refractivity contribution in [1.29, 1.82) is 0 Å². The standard InChI is InChI=1S/C16H22N2O3/c1-4-18(5-2)15(20)16(10-11-16)14(19)17-12-8-6-7-9-13(12)21-3/h6-9H,4-5,10-11H2,1-3H3,(H,17,19). The molecule has 21 heavy (non-hydrogen) atoms. The van der Waals surface area contributed by atoms with Crippen molar-refractivity contribution >= 4 is 17.5 Å². The van der Waals surface area contributed by atoms with Crippen LogP contribution in [0, 0.1) is 5.41 Å². The second-order valence-corrected chi connectivity index (χ2v) is 5.21. The highest BCUT2D eigenvalue weighted by Gasteiger charge is 2.57. The fourth-order valence-electron chi connectivity index (χ4n) is 2.47. The van der Waals surface area contributed by atoms with Crippen LogP contribution in [-0.4, -0.2) is 36.9 Å². The van der Waals surface area contributed by atoms with Gasteiger partial charge < -0.3 is 15.0 Å². The molecule has 0 bridgehead atoms. The van der Waals surface area contributed by atoms with Crippen LogP contribution in [0.1, 0.15) is 26.7 Å². The zero-order valence-electron chi connectivity index (χ0n) is 12.8. The zero-order chi connectivity index (χ0) is 15.5. The summed E-state index contributed by atoms with van der Waals surface area (Å²) in [4.78, 5) is 26.8. The Bertz CT molecular complexity index is 534. The van der Waals surface area contributed by atoms with Crippen molar-refractivity contribution in [2.75, 3.05) is 25.5 Å². The summed E-state index contributed by atoms with van der Waals surface area (Å²) in [6.07, 6.45) is 1.23. The van der Waals surface area contributed by atoms with Gasteiger partial charge in [0.05, 0.1) is 12.8 Å². The number of hydrogen-bond donors (Lipinski definition) is 1. The maximum Gasteiger partial charge on any atom is 0.240 e. The number of hydrogen-bond acceptors (Lipinski definition) is 3. The van der Waals surface area contributed by atoms with Gasteiger partial charge in [-0.05, 0) is 38.8 Å². The number of nitrogens with one attached hydrogen (secondary N) is 1. The topological polar surface area (TPSA) is 58.6 Å². The van der Waals surface area contributed by atoms with Gasteiger partial charge in [-0.25, -0.2) is 0 Å². The van der Waals surface area contributed by atoms with Crippen LogP contribution in [0.15, 0.2) is 24.3 Å². The van der Waals surface area contributed by atoms with Gasteiger partial charge >= 0.3 is 0 Å². The minimum absolute atomic E-state index is 0.0695. The van der Waals surface area contributed by atoms with E-state index in [0.29, 0.717) is 37.4 Å². The van der Waals surface area contributed by atoms with Crippen molar-refractivity contribution in [3.63, 3.8) is 0 Å². The van der Waals surface area contributed by atoms with Gasteiger partial charge in [0.15, 0.2) is 0 Å². The fraction of sp³-hybridized carbons (Fsp3) is 0.500. The molecule has 1 saturated carbocycles. The van der Waals surface area contributed by atoms with E-state index >= 15 is 0 Å². The number of carbonyl (C=O) groups is 2. The lowest BCUT2D eigenvalue weighted by Gasteiger charge is -2.24. The number of nitrogens with zero attached hydrogens (tertiary/aromatic N) is 1. The summed E-state index contributed by atoms with van der Waals surface area (Å²) < 4.78 is 5.22. The van der Waals surface area contributed by atoms with Gasteiger partial charge in [-0.1, -0.05) is 12.1 Å². The molecule has 0 aromatic heterocycles. The number of benzene rings is 1. The average Bonchev–Trinajstić information content (AvgIpc) is 3.30. The van der Waals surface area contributed by atoms with Crippen LogP contribution >= 0.6 is 0 Å². The third-order valence-electron chi connectivity index (χ3n) is 4.00. The smallest absolute Gasteiger partial charge is 0.240 e. The summed E-state index contributed by atoms with van der Waals surface area (Å²) in [5.41, 5.74) is -0.281. The Labute approximate surface area is 125 Å². The summed E-state index contributed by atoms with van der Waals surface area (Å²) in [6, 6.07) is 7.21. The zero-order valence-corrected chi connectivity index (χ0v) is 12.8. The number of ether oxygens (including phenoxy) is 1. The molecule has 0 saturated heterocycles. The Morgan fingerprint density at radius 3 is 2.38 bits per heavy atom. The van der Waals surface area contributed by atoms with Gasteiger partial charge in [0.1, 0.15) is 11.2 Å². The first-order valence-electron chi connectivity index (χ1n) is 7.33. The van der Waals surface area contributed by atoms with Crippen molar-refractivity contribution < 1.29 is 14.3 Å². The van der Waals surface area contributed by atoms with E-state index in [9.17, 15) is 9.59 Å². The van der Waals surface area contributed by atoms with Crippen LogP contribution in [-0.2, 0) is 9.59 Å². The molecule has 114 valence electrons. The molecule has 2 amide bonds. The molecule has 0 radical (unpaired) electrons. The highest BCUT2D eigenvalue weighted by atomic mass is 16.5. The van der Waals surface area contributed by atoms with E-state index in [1.54, 1.807) is 24.1 Å². The fourth-order valence-corrected chi connectivity index (χ4v) is 2.47. The van der Waals surface area contributed by atoms with Crippen LogP contribution in [0.2, 0.25) is 0 Å². The van der Waals surface area contributed by atoms with E-state index in [-0.39, 0.29) is 11.8 Å². The van der Waals surface area contributed by atoms with Gasteiger partial charge in [0.2, 0.25) is 11.8 Å². The van der Waals surface area contributed by atoms with Gasteiger partial charge in [-0.2, -0.15) is 0 Å². The van der Waals surface area contributed by atoms with Gasteiger partial charge in [-0.3, -0.25) is 9.59 Å². The molecule has 0 atom stereocenters. The van der Waals surface area contributed by atoms with Crippen LogP contribution in [0.3, 0.4) is 0 Å². The van der Waals surface area contributed by atoms with Crippen LogP contribution < -0.4 is 10.1 Å². The third kappa shape index (κ3) is 2.86. The maximum absolute atomic E-state index is 12.5. The Kier molecular flexibility index (Phi) is 4.50. The number of methoxy groups -OCH3 is 1. The molecular weight excluding hydrogens is 268 g/mol. The van der Waals surface area contributed by atoms with E-state index in [1.165, 1.54) is 0 Å². The summed E-state index contributed by atoms with van der Waals surface area (Å²) in [7, 11) is 1.55. The molecule has 1 aliphatic rings. The van der Waals surface area contributed by atoms with Crippen molar-refractivity contribution in [2.24, 2.45) is 5.41 Å². The molecule has 0 heterocycles. The Hall–Kier alpha value is -2.04. The normalized spacial score (nSPS) is 15.2. The van der Waals surface area contributed by atoms with Crippen LogP contribution in [0.25, 0.3) is 0 Å². The first-order valence-corrected chi connectivity index (χ1v) is 7.33. The largest absolute Gasteiger partial charge is 0.495 e. The molecular formula is C16H22N2O3. The molecule has 5 heteroatoms. The molecule has 1 aromatic carbocycles. The van der Waals surface area contributed by atoms with Crippen molar-refractivity contribution in [2.45, 2.75) is 26.7 Å². The number of carbonyl (C=O) groups excluding carboxylic acids is 2. The van der Waals surface area contributed by atoms with Crippen LogP contribution in [0.5, 0.6) is 5.75 Å². The monoisotopic (exact) mass is 290 g/mol. The van der Waals surface area contributed by atoms with E-state index in [0.717, 1.165) is 0 Å². The lowest BCUT2D eigenvalue weighted by Crippen LogP contribution is -2.42. The second-order valence-electron chi connectivity index (χ2n) is 5.21. The number of anilines is 1. The van der Waals surface area contributed by atoms with Gasteiger partial charge in [0.25, 0.3) is 0 Å². The van der Waals surface area contributed by atoms with E-state index in [2.05, 4.69) is 5.32 Å². The SMILES string of the molecule is CCN(CC)C(=O)C1(C(=O)Nc2ccccc2OC)CC1. The Balaban J connectivity index is 2.15. The van der Waals surface area contributed by atoms with E-state index < -0.39 is 5.41 Å². The molecule has 5 nitrogen and oxygen atoms in total. The number of amides is 2. The predicted molar refractivity (Wildman–Crippen MR) is 81.2 cm³/mol. The molecule has 0 unspecified atom stereocenters. The lowest BCUT2D eigenvalue weighted by atomic mass is 10.0. The highest BCUT2D eigenvalue weighted by Crippen LogP contribution is 2.48. The van der Waals surface area contributed by atoms with Gasteiger partial charge in [0, 0.05) is 13.1 Å². The predicted octanol–water partition coefficient (Wildman–Crippen LogP) is 2.28. The molecule has 0 spiro atoms. The molecule has 2 rings (SSSR count). The molecule has 0 aliphatic heterocycles. The van der Waals surface area contributed by atoms with E-state index in [1.807, 2.05) is 26.0 Å². The summed E-state index contributed by atoms with van der Waals surface area (Å²) in [5, 5.41) is 2.84. The van der Waals surface area contributed by atoms with E-state index in [4.69, 9.17) is 4.74 Å². The molecule has 1 aliphatic carbocycles. The maximum atomic E-state index is 12.5. The number of rotatable bonds is 6. The summed E-state index contributed by atoms with van der Waals surface area (Å²) in [6.45, 7) is 5.10. The minimum Gasteiger partial charge on any atom is -0.495 e. The quantitative estimate of drug-likeness (QED) is 0.818. The molecule has 1 fully saturated rings. The highest BCUT2D eigenvalue weighted by molar-refractivity contribution is 6.13. The third-order valence-corrected chi connectivity index (χ3v) is 4.00. The second kappa shape index (κ2) is 6.16. The minimum atomic E-state index is -0.882. The summed E-state index contributed by atoms with van der Waals surface area (Å²) >= 11 is 0. The van der Waals surface area contributed by atoms with Crippen molar-refractivity contribution in [1.82, 2.24) is 4.90 Å². The first-order chi connectivity index (χ1) is 10.1.